The minimum absolute atomic E-state index is 0.0424. The standard InChI is InChI=1S/C27H33F2N3O3S/c1-23-8-6-16-10-18(32-17-4-5-21(28)31-14-17)15(13-30)11-24(16,2)27(23,29)20(33)12-25(3)19(23)7-9-26(25,35)22(34)36/h4-5,10,13-14,19-20,30,32-33,35H,6-9,11-12H2,1-3H3,(H,34,36)/p+1/t19-,20-,23-,24-,25-,26-,27+/m0/s1. The SMILES string of the molecule is C[C@]12CC(C=N)=C([NH2+]c3ccc(F)nc3)C=C1CC[C@@]1(C)[C@@H]3CC[C@](O)(C(=O)S)[C@@]3(C)C[C@H](O)[C@]21F. The Kier molecular flexibility index (Phi) is 5.73. The van der Waals surface area contributed by atoms with Crippen molar-refractivity contribution >= 4 is 29.6 Å². The minimum atomic E-state index is -2.03. The number of rotatable bonds is 4. The van der Waals surface area contributed by atoms with Gasteiger partial charge in [-0.2, -0.15) is 4.39 Å². The van der Waals surface area contributed by atoms with Crippen molar-refractivity contribution in [1.82, 2.24) is 4.98 Å². The molecule has 5 N–H and O–H groups in total. The Morgan fingerprint density at radius 2 is 2.00 bits per heavy atom. The van der Waals surface area contributed by atoms with Gasteiger partial charge in [-0.25, -0.2) is 9.37 Å². The maximum atomic E-state index is 17.8. The van der Waals surface area contributed by atoms with Crippen LogP contribution in [0.4, 0.5) is 14.5 Å². The lowest BCUT2D eigenvalue weighted by Gasteiger charge is -2.68. The highest BCUT2D eigenvalue weighted by Crippen LogP contribution is 2.75. The number of fused-ring (bicyclic) bond motifs is 5. The minimum Gasteiger partial charge on any atom is -0.390 e. The molecule has 1 heterocycles. The van der Waals surface area contributed by atoms with Gasteiger partial charge in [-0.1, -0.05) is 26.3 Å². The van der Waals surface area contributed by atoms with Gasteiger partial charge in [0.15, 0.2) is 11.4 Å². The van der Waals surface area contributed by atoms with Gasteiger partial charge in [0.2, 0.25) is 11.1 Å². The van der Waals surface area contributed by atoms with Gasteiger partial charge in [0.1, 0.15) is 11.3 Å². The number of carbonyl (C=O) groups excluding carboxylic acids is 1. The van der Waals surface area contributed by atoms with E-state index in [9.17, 15) is 19.4 Å². The fraction of sp³-hybridized carbons (Fsp3) is 0.593. The Hall–Kier alpha value is -1.94. The Morgan fingerprint density at radius 3 is 2.61 bits per heavy atom. The van der Waals surface area contributed by atoms with Crippen LogP contribution in [0.2, 0.25) is 0 Å². The molecule has 0 bridgehead atoms. The van der Waals surface area contributed by atoms with E-state index in [0.29, 0.717) is 30.5 Å². The number of alkyl halides is 1. The fourth-order valence-corrected chi connectivity index (χ4v) is 8.89. The summed E-state index contributed by atoms with van der Waals surface area (Å²) in [6.45, 7) is 5.51. The van der Waals surface area contributed by atoms with Gasteiger partial charge in [-0.15, -0.1) is 12.6 Å². The predicted molar refractivity (Wildman–Crippen MR) is 134 cm³/mol. The lowest BCUT2D eigenvalue weighted by molar-refractivity contribution is -0.514. The number of aromatic nitrogens is 1. The molecule has 9 heteroatoms. The molecule has 3 fully saturated rings. The first kappa shape index (κ1) is 25.7. The molecule has 0 unspecified atom stereocenters. The van der Waals surface area contributed by atoms with Gasteiger partial charge in [0.25, 0.3) is 0 Å². The molecule has 1 aromatic rings. The van der Waals surface area contributed by atoms with Crippen LogP contribution in [0, 0.1) is 33.5 Å². The second-order valence-corrected chi connectivity index (χ2v) is 12.3. The molecule has 0 radical (unpaired) electrons. The topological polar surface area (TPSA) is 111 Å². The summed E-state index contributed by atoms with van der Waals surface area (Å²) in [6, 6.07) is 2.88. The van der Waals surface area contributed by atoms with E-state index in [0.717, 1.165) is 11.3 Å². The van der Waals surface area contributed by atoms with Gasteiger partial charge in [0.05, 0.1) is 12.3 Å². The highest BCUT2D eigenvalue weighted by molar-refractivity contribution is 7.96. The molecule has 1 aromatic heterocycles. The van der Waals surface area contributed by atoms with Crippen molar-refractivity contribution in [3.63, 3.8) is 0 Å². The number of aliphatic hydroxyl groups is 2. The number of halogens is 2. The van der Waals surface area contributed by atoms with E-state index in [1.807, 2.05) is 25.2 Å². The van der Waals surface area contributed by atoms with E-state index >= 15 is 4.39 Å². The maximum absolute atomic E-state index is 17.8. The number of nitrogens with one attached hydrogen (secondary N) is 1. The average Bonchev–Trinajstić information content (AvgIpc) is 3.10. The van der Waals surface area contributed by atoms with Crippen molar-refractivity contribution in [2.24, 2.45) is 22.2 Å². The summed E-state index contributed by atoms with van der Waals surface area (Å²) in [7, 11) is 0. The predicted octanol–water partition coefficient (Wildman–Crippen LogP) is 3.53. The van der Waals surface area contributed by atoms with Gasteiger partial charge >= 0.3 is 0 Å². The molecule has 36 heavy (non-hydrogen) atoms. The van der Waals surface area contributed by atoms with Gasteiger partial charge in [-0.3, -0.25) is 10.1 Å². The quantitative estimate of drug-likeness (QED) is 0.239. The van der Waals surface area contributed by atoms with Crippen LogP contribution in [0.15, 0.2) is 41.2 Å². The lowest BCUT2D eigenvalue weighted by atomic mass is 9.38. The molecule has 0 aromatic carbocycles. The van der Waals surface area contributed by atoms with Gasteiger partial charge < -0.3 is 15.6 Å². The Bertz CT molecular complexity index is 1210. The lowest BCUT2D eigenvalue weighted by Crippen LogP contribution is -2.77. The third-order valence-electron chi connectivity index (χ3n) is 10.5. The van der Waals surface area contributed by atoms with Gasteiger partial charge in [-0.05, 0) is 56.6 Å². The Labute approximate surface area is 215 Å². The van der Waals surface area contributed by atoms with Crippen molar-refractivity contribution in [2.45, 2.75) is 76.7 Å². The number of pyridine rings is 1. The molecule has 4 aliphatic rings. The third kappa shape index (κ3) is 3.03. The summed E-state index contributed by atoms with van der Waals surface area (Å²) in [5.41, 5.74) is -3.86. The van der Waals surface area contributed by atoms with Crippen LogP contribution in [-0.2, 0) is 4.79 Å². The van der Waals surface area contributed by atoms with E-state index in [2.05, 4.69) is 17.6 Å². The smallest absolute Gasteiger partial charge is 0.218 e. The van der Waals surface area contributed by atoms with E-state index in [4.69, 9.17) is 5.41 Å². The Morgan fingerprint density at radius 1 is 1.28 bits per heavy atom. The normalized spacial score (nSPS) is 43.8. The van der Waals surface area contributed by atoms with E-state index in [1.54, 1.807) is 13.0 Å². The van der Waals surface area contributed by atoms with Crippen LogP contribution in [0.1, 0.15) is 59.3 Å². The van der Waals surface area contributed by atoms with Crippen LogP contribution < -0.4 is 5.32 Å². The first-order valence-electron chi connectivity index (χ1n) is 12.5. The zero-order chi connectivity index (χ0) is 26.3. The molecule has 194 valence electrons. The summed E-state index contributed by atoms with van der Waals surface area (Å²) in [4.78, 5) is 16.1. The average molecular weight is 519 g/mol. The second kappa shape index (κ2) is 8.03. The Balaban J connectivity index is 1.57. The number of allylic oxidation sites excluding steroid dienone is 3. The zero-order valence-corrected chi connectivity index (χ0v) is 21.7. The maximum Gasteiger partial charge on any atom is 0.218 e. The van der Waals surface area contributed by atoms with Crippen LogP contribution in [-0.4, -0.2) is 43.9 Å². The first-order chi connectivity index (χ1) is 16.8. The summed E-state index contributed by atoms with van der Waals surface area (Å²) >= 11 is 3.98. The second-order valence-electron chi connectivity index (χ2n) is 11.9. The first-order valence-corrected chi connectivity index (χ1v) is 13.0. The molecule has 7 atom stereocenters. The molecule has 0 spiro atoms. The fourth-order valence-electron chi connectivity index (χ4n) is 8.52. The monoisotopic (exact) mass is 518 g/mol. The number of aliphatic hydroxyl groups excluding tert-OH is 1. The third-order valence-corrected chi connectivity index (χ3v) is 10.8. The van der Waals surface area contributed by atoms with Crippen LogP contribution in [0.25, 0.3) is 0 Å². The van der Waals surface area contributed by atoms with Gasteiger partial charge in [0, 0.05) is 34.1 Å². The molecule has 0 aliphatic heterocycles. The van der Waals surface area contributed by atoms with Crippen LogP contribution in [0.5, 0.6) is 0 Å². The molecular weight excluding hydrogens is 484 g/mol. The number of carbonyl (C=O) groups is 1. The van der Waals surface area contributed by atoms with Crippen molar-refractivity contribution in [1.29, 1.82) is 5.41 Å². The van der Waals surface area contributed by atoms with Crippen LogP contribution >= 0.6 is 12.6 Å². The number of hydrogen-bond acceptors (Lipinski definition) is 5. The van der Waals surface area contributed by atoms with Crippen molar-refractivity contribution in [3.05, 3.63) is 47.2 Å². The van der Waals surface area contributed by atoms with Crippen LogP contribution in [0.3, 0.4) is 0 Å². The van der Waals surface area contributed by atoms with Crippen molar-refractivity contribution in [3.8, 4) is 0 Å². The zero-order valence-electron chi connectivity index (χ0n) is 20.8. The molecule has 3 saturated carbocycles. The summed E-state index contributed by atoms with van der Waals surface area (Å²) in [5, 5.41) is 32.2. The number of thiol groups is 1. The van der Waals surface area contributed by atoms with E-state index < -0.39 is 44.7 Å². The summed E-state index contributed by atoms with van der Waals surface area (Å²) in [5.74, 6) is -0.894. The van der Waals surface area contributed by atoms with E-state index in [-0.39, 0.29) is 25.2 Å². The molecule has 0 saturated heterocycles. The number of quaternary nitrogens is 1. The molecule has 6 nitrogen and oxygen atoms in total. The molecular formula is C27H34F2N3O3S+. The number of nitrogens with zero attached hydrogens (tertiary/aromatic N) is 1. The molecule has 4 aliphatic carbocycles. The van der Waals surface area contributed by atoms with Crippen molar-refractivity contribution < 1.29 is 29.1 Å². The van der Waals surface area contributed by atoms with E-state index in [1.165, 1.54) is 18.5 Å². The number of hydrogen-bond donors (Lipinski definition) is 5. The summed E-state index contributed by atoms with van der Waals surface area (Å²) in [6.07, 6.45) is 5.07. The largest absolute Gasteiger partial charge is 0.390 e. The number of nitrogens with two attached hydrogens (primary N) is 1. The highest BCUT2D eigenvalue weighted by Gasteiger charge is 2.78. The van der Waals surface area contributed by atoms with Crippen molar-refractivity contribution in [2.75, 3.05) is 0 Å². The highest BCUT2D eigenvalue weighted by atomic mass is 32.1. The summed E-state index contributed by atoms with van der Waals surface area (Å²) < 4.78 is 31.1. The molecule has 5 rings (SSSR count). The molecule has 0 amide bonds.